The van der Waals surface area contributed by atoms with E-state index in [2.05, 4.69) is 6.92 Å². The second kappa shape index (κ2) is 17.4. The number of rotatable bonds is 16. The molecule has 0 saturated carbocycles. The molecule has 2 unspecified atom stereocenters. The molecule has 0 aromatic heterocycles. The Labute approximate surface area is 129 Å². The summed E-state index contributed by atoms with van der Waals surface area (Å²) >= 11 is 0. The molecule has 1 N–H and O–H groups in total. The van der Waals surface area contributed by atoms with Gasteiger partial charge in [-0.1, -0.05) is 39.0 Å². The van der Waals surface area contributed by atoms with E-state index in [1.54, 1.807) is 0 Å². The molecule has 0 bridgehead atoms. The van der Waals surface area contributed by atoms with Crippen LogP contribution in [-0.2, 0) is 4.79 Å². The molecule has 0 rings (SSSR count). The van der Waals surface area contributed by atoms with Gasteiger partial charge in [-0.3, -0.25) is 4.79 Å². The van der Waals surface area contributed by atoms with Gasteiger partial charge in [0, 0.05) is 6.42 Å². The van der Waals surface area contributed by atoms with Gasteiger partial charge >= 0.3 is 5.97 Å². The Kier molecular flexibility index (Phi) is 17.7. The Morgan fingerprint density at radius 3 is 1.70 bits per heavy atom. The van der Waals surface area contributed by atoms with Crippen molar-refractivity contribution in [1.82, 2.24) is 0 Å². The summed E-state index contributed by atoms with van der Waals surface area (Å²) in [5, 5.41) is 8.52. The molecule has 0 aliphatic carbocycles. The fourth-order valence-corrected chi connectivity index (χ4v) is 4.65. The molecule has 0 aromatic carbocycles. The van der Waals surface area contributed by atoms with Crippen LogP contribution in [0.4, 0.5) is 0 Å². The van der Waals surface area contributed by atoms with Crippen molar-refractivity contribution in [3.05, 3.63) is 0 Å². The topological polar surface area (TPSA) is 37.3 Å². The van der Waals surface area contributed by atoms with Crippen LogP contribution in [0.3, 0.4) is 0 Å². The summed E-state index contributed by atoms with van der Waals surface area (Å²) in [5.41, 5.74) is 0. The molecule has 4 heteroatoms. The lowest BCUT2D eigenvalue weighted by atomic mass is 10.1. The molecule has 0 aliphatic heterocycles. The molecule has 2 nitrogen and oxygen atoms in total. The summed E-state index contributed by atoms with van der Waals surface area (Å²) < 4.78 is 0. The Balaban J connectivity index is 2.94. The maximum absolute atomic E-state index is 10.3. The van der Waals surface area contributed by atoms with E-state index in [4.69, 9.17) is 5.11 Å². The summed E-state index contributed by atoms with van der Waals surface area (Å²) in [6.07, 6.45) is 17.8. The van der Waals surface area contributed by atoms with Crippen LogP contribution in [-0.4, -0.2) is 35.7 Å². The number of aliphatic carboxylic acids is 1. The lowest BCUT2D eigenvalue weighted by Crippen LogP contribution is -1.94. The highest BCUT2D eigenvalue weighted by Gasteiger charge is 1.96. The minimum absolute atomic E-state index is 0.353. The maximum Gasteiger partial charge on any atom is 0.303 e. The van der Waals surface area contributed by atoms with Gasteiger partial charge < -0.3 is 5.11 Å². The van der Waals surface area contributed by atoms with Gasteiger partial charge in [0.2, 0.25) is 0 Å². The molecule has 0 spiro atoms. The summed E-state index contributed by atoms with van der Waals surface area (Å²) in [5.74, 6) is -0.648. The molecular formula is C16H34O2P2. The van der Waals surface area contributed by atoms with Crippen molar-refractivity contribution in [2.75, 3.05) is 24.6 Å². The number of carbonyl (C=O) groups is 1. The van der Waals surface area contributed by atoms with E-state index in [-0.39, 0.29) is 0 Å². The Morgan fingerprint density at radius 2 is 1.20 bits per heavy atom. The van der Waals surface area contributed by atoms with E-state index in [0.29, 0.717) is 6.42 Å². The van der Waals surface area contributed by atoms with E-state index in [1.807, 2.05) is 0 Å². The fraction of sp³-hybridized carbons (Fsp3) is 0.938. The number of unbranched alkanes of at least 4 members (excludes halogenated alkanes) is 6. The molecule has 0 amide bonds. The number of hydrogen-bond donors (Lipinski definition) is 1. The third-order valence-corrected chi connectivity index (χ3v) is 6.24. The third kappa shape index (κ3) is 18.3. The molecule has 0 heterocycles. The Bertz CT molecular complexity index is 211. The summed E-state index contributed by atoms with van der Waals surface area (Å²) in [6.45, 7) is 2.28. The highest BCUT2D eigenvalue weighted by atomic mass is 31.1. The molecule has 120 valence electrons. The van der Waals surface area contributed by atoms with E-state index in [0.717, 1.165) is 21.2 Å². The first-order valence-corrected chi connectivity index (χ1v) is 11.2. The molecule has 20 heavy (non-hydrogen) atoms. The highest BCUT2D eigenvalue weighted by molar-refractivity contribution is 7.38. The first kappa shape index (κ1) is 20.3. The molecule has 2 atom stereocenters. The fourth-order valence-electron chi connectivity index (χ4n) is 2.12. The minimum atomic E-state index is -0.648. The van der Waals surface area contributed by atoms with Gasteiger partial charge in [-0.05, 0) is 50.3 Å². The van der Waals surface area contributed by atoms with Crippen LogP contribution in [0.1, 0.15) is 71.1 Å². The first-order valence-electron chi connectivity index (χ1n) is 8.40. The lowest BCUT2D eigenvalue weighted by Gasteiger charge is -2.03. The van der Waals surface area contributed by atoms with Crippen molar-refractivity contribution in [2.24, 2.45) is 0 Å². The highest BCUT2D eigenvalue weighted by Crippen LogP contribution is 2.18. The van der Waals surface area contributed by atoms with Crippen molar-refractivity contribution < 1.29 is 9.90 Å². The van der Waals surface area contributed by atoms with E-state index in [9.17, 15) is 4.79 Å². The Morgan fingerprint density at radius 1 is 0.750 bits per heavy atom. The van der Waals surface area contributed by atoms with E-state index in [1.165, 1.54) is 78.4 Å². The number of carboxylic acids is 1. The van der Waals surface area contributed by atoms with Crippen molar-refractivity contribution in [2.45, 2.75) is 71.1 Å². The molecule has 0 radical (unpaired) electrons. The van der Waals surface area contributed by atoms with Gasteiger partial charge in [0.05, 0.1) is 0 Å². The second-order valence-electron chi connectivity index (χ2n) is 5.47. The Hall–Kier alpha value is 0.330. The third-order valence-electron chi connectivity index (χ3n) is 3.41. The van der Waals surface area contributed by atoms with Crippen LogP contribution in [0, 0.1) is 0 Å². The zero-order chi connectivity index (χ0) is 14.9. The largest absolute Gasteiger partial charge is 0.481 e. The van der Waals surface area contributed by atoms with Crippen LogP contribution < -0.4 is 0 Å². The summed E-state index contributed by atoms with van der Waals surface area (Å²) in [6, 6.07) is 0. The van der Waals surface area contributed by atoms with Crippen LogP contribution in [0.25, 0.3) is 0 Å². The predicted molar refractivity (Wildman–Crippen MR) is 95.6 cm³/mol. The van der Waals surface area contributed by atoms with Crippen molar-refractivity contribution in [1.29, 1.82) is 0 Å². The molecule has 0 aliphatic rings. The summed E-state index contributed by atoms with van der Waals surface area (Å²) in [4.78, 5) is 10.3. The van der Waals surface area contributed by atoms with E-state index < -0.39 is 5.97 Å². The normalized spacial score (nSPS) is 12.1. The summed E-state index contributed by atoms with van der Waals surface area (Å²) in [7, 11) is 2.19. The van der Waals surface area contributed by atoms with Crippen LogP contribution in [0.2, 0.25) is 0 Å². The predicted octanol–water partition coefficient (Wildman–Crippen LogP) is 5.35. The van der Waals surface area contributed by atoms with Crippen LogP contribution in [0.5, 0.6) is 0 Å². The van der Waals surface area contributed by atoms with Gasteiger partial charge in [0.1, 0.15) is 0 Å². The van der Waals surface area contributed by atoms with Crippen molar-refractivity contribution in [3.63, 3.8) is 0 Å². The monoisotopic (exact) mass is 320 g/mol. The zero-order valence-electron chi connectivity index (χ0n) is 13.3. The van der Waals surface area contributed by atoms with Gasteiger partial charge in [0.15, 0.2) is 0 Å². The number of carboxylic acid groups (broad SMARTS) is 1. The quantitative estimate of drug-likeness (QED) is 0.307. The number of hydrogen-bond acceptors (Lipinski definition) is 1. The van der Waals surface area contributed by atoms with Gasteiger partial charge in [-0.25, -0.2) is 0 Å². The van der Waals surface area contributed by atoms with E-state index >= 15 is 0 Å². The molecule has 0 fully saturated rings. The van der Waals surface area contributed by atoms with Gasteiger partial charge in [0.25, 0.3) is 0 Å². The average molecular weight is 320 g/mol. The van der Waals surface area contributed by atoms with Crippen molar-refractivity contribution in [3.8, 4) is 0 Å². The van der Waals surface area contributed by atoms with Crippen LogP contribution >= 0.6 is 17.2 Å². The van der Waals surface area contributed by atoms with Crippen molar-refractivity contribution >= 4 is 23.1 Å². The maximum atomic E-state index is 10.3. The van der Waals surface area contributed by atoms with Gasteiger partial charge in [-0.2, -0.15) is 0 Å². The van der Waals surface area contributed by atoms with Crippen LogP contribution in [0.15, 0.2) is 0 Å². The molecular weight excluding hydrogens is 286 g/mol. The molecule has 0 aromatic rings. The first-order chi connectivity index (χ1) is 9.77. The van der Waals surface area contributed by atoms with Gasteiger partial charge in [-0.15, -0.1) is 17.2 Å². The standard InChI is InChI=1S/C16H34O2P2/c1-2-3-12-19-13-8-6-4-5-7-9-14-20-15-10-11-16(17)18/h19-20H,2-15H2,1H3,(H,17,18). The smallest absolute Gasteiger partial charge is 0.303 e. The average Bonchev–Trinajstić information content (AvgIpc) is 2.43. The second-order valence-corrected chi connectivity index (χ2v) is 8.47. The zero-order valence-corrected chi connectivity index (χ0v) is 15.3. The lowest BCUT2D eigenvalue weighted by molar-refractivity contribution is -0.137. The minimum Gasteiger partial charge on any atom is -0.481 e. The molecule has 0 saturated heterocycles. The SMILES string of the molecule is CCCCPCCCCCCCCPCCCC(=O)O.